The summed E-state index contributed by atoms with van der Waals surface area (Å²) in [6.45, 7) is 4.00. The number of carbonyl (C=O) groups excluding carboxylic acids is 1. The van der Waals surface area contributed by atoms with Crippen LogP contribution in [0.15, 0.2) is 47.5 Å². The lowest BCUT2D eigenvalue weighted by atomic mass is 10.3. The molecule has 25 heavy (non-hydrogen) atoms. The van der Waals surface area contributed by atoms with Crippen LogP contribution in [0.2, 0.25) is 0 Å². The molecule has 0 atom stereocenters. The third kappa shape index (κ3) is 5.27. The van der Waals surface area contributed by atoms with Crippen molar-refractivity contribution >= 4 is 21.6 Å². The molecule has 0 aliphatic rings. The largest absolute Gasteiger partial charge is 0.492 e. The van der Waals surface area contributed by atoms with E-state index in [0.29, 0.717) is 23.7 Å². The highest BCUT2D eigenvalue weighted by molar-refractivity contribution is 7.89. The number of ether oxygens (including phenoxy) is 1. The van der Waals surface area contributed by atoms with Crippen molar-refractivity contribution in [1.29, 1.82) is 0 Å². The predicted molar refractivity (Wildman–Crippen MR) is 94.8 cm³/mol. The Bertz CT molecular complexity index is 823. The molecule has 0 saturated heterocycles. The molecule has 0 fully saturated rings. The lowest BCUT2D eigenvalue weighted by Crippen LogP contribution is -2.24. The quantitative estimate of drug-likeness (QED) is 0.750. The molecule has 0 spiro atoms. The number of hydrogen-bond donors (Lipinski definition) is 2. The molecule has 2 rings (SSSR count). The lowest BCUT2D eigenvalue weighted by molar-refractivity contribution is -0.115. The molecule has 7 nitrogen and oxygen atoms in total. The van der Waals surface area contributed by atoms with Gasteiger partial charge in [-0.3, -0.25) is 9.78 Å². The Labute approximate surface area is 147 Å². The van der Waals surface area contributed by atoms with Gasteiger partial charge in [0.2, 0.25) is 15.9 Å². The standard InChI is InChI=1S/C17H21N3O4S/c1-3-17(21)20-15-11-14(8-9-16(15)24-4-2)25(22,23)19-12-13-7-5-6-10-18-13/h5-11,19H,3-4,12H2,1-2H3,(H,20,21). The second-order valence-corrected chi connectivity index (χ2v) is 6.91. The van der Waals surface area contributed by atoms with E-state index in [1.54, 1.807) is 31.3 Å². The summed E-state index contributed by atoms with van der Waals surface area (Å²) in [5.74, 6) is 0.199. The van der Waals surface area contributed by atoms with Crippen LogP contribution in [0.3, 0.4) is 0 Å². The summed E-state index contributed by atoms with van der Waals surface area (Å²) < 4.78 is 32.9. The van der Waals surface area contributed by atoms with Gasteiger partial charge in [0.05, 0.1) is 29.4 Å². The maximum absolute atomic E-state index is 12.5. The monoisotopic (exact) mass is 363 g/mol. The minimum atomic E-state index is -3.75. The molecule has 0 unspecified atom stereocenters. The third-order valence-electron chi connectivity index (χ3n) is 3.33. The van der Waals surface area contributed by atoms with Crippen LogP contribution < -0.4 is 14.8 Å². The van der Waals surface area contributed by atoms with Crippen molar-refractivity contribution < 1.29 is 17.9 Å². The Hall–Kier alpha value is -2.45. The van der Waals surface area contributed by atoms with E-state index < -0.39 is 10.0 Å². The summed E-state index contributed by atoms with van der Waals surface area (Å²) in [6.07, 6.45) is 1.87. The van der Waals surface area contributed by atoms with Gasteiger partial charge in [0.15, 0.2) is 0 Å². The molecule has 0 aliphatic heterocycles. The highest BCUT2D eigenvalue weighted by Gasteiger charge is 2.17. The number of hydrogen-bond acceptors (Lipinski definition) is 5. The number of amides is 1. The molecule has 1 aromatic carbocycles. The second kappa shape index (κ2) is 8.59. The van der Waals surface area contributed by atoms with Crippen molar-refractivity contribution in [1.82, 2.24) is 9.71 Å². The molecule has 0 radical (unpaired) electrons. The van der Waals surface area contributed by atoms with E-state index in [4.69, 9.17) is 4.74 Å². The van der Waals surface area contributed by atoms with Crippen molar-refractivity contribution in [3.63, 3.8) is 0 Å². The molecule has 2 N–H and O–H groups in total. The minimum absolute atomic E-state index is 0.0401. The Morgan fingerprint density at radius 3 is 2.64 bits per heavy atom. The van der Waals surface area contributed by atoms with Crippen LogP contribution in [0, 0.1) is 0 Å². The maximum atomic E-state index is 12.5. The number of anilines is 1. The molecular weight excluding hydrogens is 342 g/mol. The summed E-state index contributed by atoms with van der Waals surface area (Å²) in [5, 5.41) is 2.66. The topological polar surface area (TPSA) is 97.4 Å². The van der Waals surface area contributed by atoms with Gasteiger partial charge < -0.3 is 10.1 Å². The molecule has 1 amide bonds. The smallest absolute Gasteiger partial charge is 0.241 e. The molecule has 8 heteroatoms. The van der Waals surface area contributed by atoms with Gasteiger partial charge >= 0.3 is 0 Å². The fraction of sp³-hybridized carbons (Fsp3) is 0.294. The van der Waals surface area contributed by atoms with Crippen LogP contribution in [0.25, 0.3) is 0 Å². The lowest BCUT2D eigenvalue weighted by Gasteiger charge is -2.13. The summed E-state index contributed by atoms with van der Waals surface area (Å²) >= 11 is 0. The zero-order valence-corrected chi connectivity index (χ0v) is 15.0. The predicted octanol–water partition coefficient (Wildman–Crippen LogP) is 2.31. The third-order valence-corrected chi connectivity index (χ3v) is 4.72. The van der Waals surface area contributed by atoms with Gasteiger partial charge in [-0.25, -0.2) is 13.1 Å². The molecule has 1 heterocycles. The first-order valence-corrected chi connectivity index (χ1v) is 9.41. The number of rotatable bonds is 8. The molecular formula is C17H21N3O4S. The van der Waals surface area contributed by atoms with E-state index in [2.05, 4.69) is 15.0 Å². The van der Waals surface area contributed by atoms with Crippen molar-refractivity contribution in [2.24, 2.45) is 0 Å². The van der Waals surface area contributed by atoms with Crippen LogP contribution in [-0.2, 0) is 21.4 Å². The normalized spacial score (nSPS) is 11.1. The Morgan fingerprint density at radius 2 is 2.00 bits per heavy atom. The van der Waals surface area contributed by atoms with Gasteiger partial charge in [0.25, 0.3) is 0 Å². The Kier molecular flexibility index (Phi) is 6.49. The fourth-order valence-corrected chi connectivity index (χ4v) is 3.07. The molecule has 0 saturated carbocycles. The Morgan fingerprint density at radius 1 is 1.20 bits per heavy atom. The number of benzene rings is 1. The number of aromatic nitrogens is 1. The van der Waals surface area contributed by atoms with E-state index in [9.17, 15) is 13.2 Å². The minimum Gasteiger partial charge on any atom is -0.492 e. The Balaban J connectivity index is 2.24. The zero-order chi connectivity index (χ0) is 18.3. The number of pyridine rings is 1. The van der Waals surface area contributed by atoms with Gasteiger partial charge in [0.1, 0.15) is 5.75 Å². The van der Waals surface area contributed by atoms with E-state index in [1.807, 2.05) is 6.92 Å². The first-order valence-electron chi connectivity index (χ1n) is 7.92. The van der Waals surface area contributed by atoms with Gasteiger partial charge in [-0.1, -0.05) is 13.0 Å². The van der Waals surface area contributed by atoms with Gasteiger partial charge in [0, 0.05) is 12.6 Å². The van der Waals surface area contributed by atoms with Crippen LogP contribution in [0.1, 0.15) is 26.0 Å². The molecule has 1 aromatic heterocycles. The first-order chi connectivity index (χ1) is 12.0. The number of sulfonamides is 1. The van der Waals surface area contributed by atoms with Crippen molar-refractivity contribution in [3.05, 3.63) is 48.3 Å². The van der Waals surface area contributed by atoms with E-state index in [1.165, 1.54) is 18.2 Å². The molecule has 0 bridgehead atoms. The van der Waals surface area contributed by atoms with Gasteiger partial charge in [-0.15, -0.1) is 0 Å². The molecule has 134 valence electrons. The van der Waals surface area contributed by atoms with Gasteiger partial charge in [-0.2, -0.15) is 0 Å². The summed E-state index contributed by atoms with van der Waals surface area (Å²) in [6, 6.07) is 9.63. The highest BCUT2D eigenvalue weighted by atomic mass is 32.2. The number of nitrogens with zero attached hydrogens (tertiary/aromatic N) is 1. The van der Waals surface area contributed by atoms with Crippen LogP contribution in [0.4, 0.5) is 5.69 Å². The summed E-state index contributed by atoms with van der Waals surface area (Å²) in [7, 11) is -3.75. The average molecular weight is 363 g/mol. The summed E-state index contributed by atoms with van der Waals surface area (Å²) in [5.41, 5.74) is 0.936. The van der Waals surface area contributed by atoms with Crippen LogP contribution in [0.5, 0.6) is 5.75 Å². The zero-order valence-electron chi connectivity index (χ0n) is 14.2. The first kappa shape index (κ1) is 18.9. The molecule has 2 aromatic rings. The SMILES string of the molecule is CCOc1ccc(S(=O)(=O)NCc2ccccn2)cc1NC(=O)CC. The van der Waals surface area contributed by atoms with Crippen molar-refractivity contribution in [2.45, 2.75) is 31.7 Å². The van der Waals surface area contributed by atoms with Crippen LogP contribution >= 0.6 is 0 Å². The van der Waals surface area contributed by atoms with Crippen molar-refractivity contribution in [2.75, 3.05) is 11.9 Å². The van der Waals surface area contributed by atoms with Gasteiger partial charge in [-0.05, 0) is 37.3 Å². The van der Waals surface area contributed by atoms with E-state index in [0.717, 1.165) is 0 Å². The van der Waals surface area contributed by atoms with E-state index >= 15 is 0 Å². The van der Waals surface area contributed by atoms with Crippen LogP contribution in [-0.4, -0.2) is 25.9 Å². The summed E-state index contributed by atoms with van der Waals surface area (Å²) in [4.78, 5) is 15.8. The highest BCUT2D eigenvalue weighted by Crippen LogP contribution is 2.28. The average Bonchev–Trinajstić information content (AvgIpc) is 2.62. The number of carbonyl (C=O) groups is 1. The second-order valence-electron chi connectivity index (χ2n) is 5.14. The maximum Gasteiger partial charge on any atom is 0.241 e. The number of nitrogens with one attached hydrogen (secondary N) is 2. The fourth-order valence-electron chi connectivity index (χ4n) is 2.05. The van der Waals surface area contributed by atoms with Crippen molar-refractivity contribution in [3.8, 4) is 5.75 Å². The van der Waals surface area contributed by atoms with E-state index in [-0.39, 0.29) is 23.8 Å². The molecule has 0 aliphatic carbocycles.